The van der Waals surface area contributed by atoms with Crippen molar-refractivity contribution in [3.63, 3.8) is 0 Å². The first-order chi connectivity index (χ1) is 34.1. The van der Waals surface area contributed by atoms with Crippen molar-refractivity contribution >= 4 is 52.9 Å². The number of aromatic nitrogens is 4. The first-order valence-corrected chi connectivity index (χ1v) is 23.7. The molecule has 3 aromatic heterocycles. The van der Waals surface area contributed by atoms with Crippen molar-refractivity contribution in [2.45, 2.75) is 59.0 Å². The van der Waals surface area contributed by atoms with E-state index in [1.807, 2.05) is 23.6 Å². The molecule has 7 N–H and O–H groups in total. The number of H-pyrrole nitrogens is 1. The number of nitrogens with zero attached hydrogens (tertiary/aromatic N) is 10. The Morgan fingerprint density at radius 3 is 1.44 bits per heavy atom. The molecular formula is C48H47F3N14O4S2. The topological polar surface area (TPSA) is 295 Å². The number of carboxylic acids is 1. The molecule has 2 unspecified atom stereocenters. The lowest BCUT2D eigenvalue weighted by Gasteiger charge is -2.46. The number of piperazine rings is 2. The lowest BCUT2D eigenvalue weighted by Crippen LogP contribution is -2.59. The van der Waals surface area contributed by atoms with Gasteiger partial charge in [-0.3, -0.25) is 14.5 Å². The number of carboxylic acid groups (broad SMARTS) is 1. The highest BCUT2D eigenvalue weighted by molar-refractivity contribution is 8.05. The molecule has 2 atom stereocenters. The number of nitrogens with two attached hydrogens (primary N) is 2. The zero-order valence-electron chi connectivity index (χ0n) is 38.5. The number of rotatable bonds is 15. The van der Waals surface area contributed by atoms with E-state index in [1.54, 1.807) is 73.2 Å². The molecule has 2 aliphatic rings. The van der Waals surface area contributed by atoms with E-state index in [2.05, 4.69) is 44.5 Å². The number of imidazole rings is 1. The maximum absolute atomic E-state index is 15.1. The van der Waals surface area contributed by atoms with Crippen LogP contribution in [0.1, 0.15) is 64.0 Å². The van der Waals surface area contributed by atoms with Crippen LogP contribution in [0.4, 0.5) is 24.8 Å². The number of halogens is 3. The molecule has 5 heterocycles. The first-order valence-electron chi connectivity index (χ1n) is 22.1. The molecular weight excluding hydrogens is 958 g/mol. The summed E-state index contributed by atoms with van der Waals surface area (Å²) in [6.45, 7) is 8.89. The molecule has 0 bridgehead atoms. The van der Waals surface area contributed by atoms with Gasteiger partial charge < -0.3 is 36.7 Å². The van der Waals surface area contributed by atoms with Crippen LogP contribution in [0.3, 0.4) is 0 Å². The van der Waals surface area contributed by atoms with Gasteiger partial charge in [0, 0.05) is 70.8 Å². The third-order valence-electron chi connectivity index (χ3n) is 12.0. The number of nitrogens with one attached hydrogen (secondary N) is 2. The van der Waals surface area contributed by atoms with Crippen LogP contribution < -0.4 is 26.6 Å². The Bertz CT molecular complexity index is 2920. The van der Waals surface area contributed by atoms with Gasteiger partial charge >= 0.3 is 12.1 Å². The van der Waals surface area contributed by atoms with Crippen LogP contribution in [0.5, 0.6) is 0 Å². The smallest absolute Gasteiger partial charge is 0.475 e. The standard InChI is InChI=1S/C46H46N14O2S2.C2HF3O2/c1-3-33-35(23-47)39(59-17-15-53-16-18-59)56-41(37(33)25-49)63-45(43(51)61,30-11-7-5-8-12-30)46(44(52)62,31-13-9-6-10-14-31)64-42-38(26-50)34(4-2)36(24-48)40(57-42)60-21-19-58(20-22-60)28-32-27-54-29-55-32;3-2(4,5)1(6)7/h5-14,27,29,53H,3-4,15-22,28H2,1-2H3,(H2,51,61)(H2,52,62)(H,54,55);(H,6,7). The summed E-state index contributed by atoms with van der Waals surface area (Å²) in [6, 6.07) is 26.1. The molecule has 7 rings (SSSR count). The van der Waals surface area contributed by atoms with Gasteiger partial charge in [-0.1, -0.05) is 98.0 Å². The molecule has 2 saturated heterocycles. The average Bonchev–Trinajstić information content (AvgIpc) is 3.90. The Hall–Kier alpha value is -7.67. The fraction of sp³-hybridized carbons (Fsp3) is 0.333. The molecule has 2 amide bonds. The highest BCUT2D eigenvalue weighted by Gasteiger charge is 2.64. The Morgan fingerprint density at radius 2 is 1.10 bits per heavy atom. The van der Waals surface area contributed by atoms with Gasteiger partial charge in [0.1, 0.15) is 46.0 Å². The molecule has 0 saturated carbocycles. The molecule has 0 radical (unpaired) electrons. The third kappa shape index (κ3) is 10.6. The van der Waals surface area contributed by atoms with Gasteiger partial charge in [-0.25, -0.2) is 19.7 Å². The summed E-state index contributed by atoms with van der Waals surface area (Å²) >= 11 is 1.64. The predicted molar refractivity (Wildman–Crippen MR) is 257 cm³/mol. The normalized spacial score (nSPS) is 15.6. The molecule has 23 heteroatoms. The molecule has 0 spiro atoms. The number of anilines is 2. The second kappa shape index (κ2) is 22.8. The van der Waals surface area contributed by atoms with Crippen LogP contribution in [-0.2, 0) is 43.3 Å². The van der Waals surface area contributed by atoms with Gasteiger partial charge in [-0.15, -0.1) is 0 Å². The van der Waals surface area contributed by atoms with Gasteiger partial charge in [0.05, 0.1) is 28.6 Å². The molecule has 0 aliphatic carbocycles. The van der Waals surface area contributed by atoms with Crippen molar-refractivity contribution in [2.24, 2.45) is 11.5 Å². The largest absolute Gasteiger partial charge is 0.490 e. The van der Waals surface area contributed by atoms with Gasteiger partial charge in [-0.2, -0.15) is 34.2 Å². The van der Waals surface area contributed by atoms with Gasteiger partial charge in [0.15, 0.2) is 9.49 Å². The Balaban J connectivity index is 0.00000110. The summed E-state index contributed by atoms with van der Waals surface area (Å²) in [4.78, 5) is 62.7. The number of hydrogen-bond acceptors (Lipinski definition) is 16. The number of primary amides is 2. The number of alkyl halides is 3. The molecule has 71 heavy (non-hydrogen) atoms. The van der Waals surface area contributed by atoms with E-state index in [4.69, 9.17) is 31.3 Å². The zero-order valence-corrected chi connectivity index (χ0v) is 40.1. The maximum atomic E-state index is 15.1. The molecule has 366 valence electrons. The lowest BCUT2D eigenvalue weighted by molar-refractivity contribution is -0.192. The number of carbonyl (C=O) groups is 3. The monoisotopic (exact) mass is 1000 g/mol. The minimum atomic E-state index is -5.08. The summed E-state index contributed by atoms with van der Waals surface area (Å²) < 4.78 is 27.3. The quantitative estimate of drug-likeness (QED) is 0.0878. The van der Waals surface area contributed by atoms with Gasteiger partial charge in [0.2, 0.25) is 11.8 Å². The number of amides is 2. The van der Waals surface area contributed by atoms with Crippen LogP contribution in [0.2, 0.25) is 0 Å². The van der Waals surface area contributed by atoms with Crippen molar-refractivity contribution in [3.05, 3.63) is 123 Å². The van der Waals surface area contributed by atoms with Crippen molar-refractivity contribution in [2.75, 3.05) is 62.2 Å². The van der Waals surface area contributed by atoms with E-state index in [1.165, 1.54) is 0 Å². The van der Waals surface area contributed by atoms with E-state index in [0.29, 0.717) is 81.7 Å². The summed E-state index contributed by atoms with van der Waals surface area (Å²) in [7, 11) is 0. The minimum Gasteiger partial charge on any atom is -0.475 e. The summed E-state index contributed by atoms with van der Waals surface area (Å²) in [5.74, 6) is -4.07. The second-order valence-corrected chi connectivity index (χ2v) is 18.4. The number of aromatic amines is 1. The number of benzene rings is 2. The molecule has 2 aliphatic heterocycles. The fourth-order valence-electron chi connectivity index (χ4n) is 8.61. The fourth-order valence-corrected chi connectivity index (χ4v) is 11.7. The van der Waals surface area contributed by atoms with E-state index in [0.717, 1.165) is 29.2 Å². The van der Waals surface area contributed by atoms with E-state index >= 15 is 9.59 Å². The number of pyridine rings is 2. The maximum Gasteiger partial charge on any atom is 0.490 e. The summed E-state index contributed by atoms with van der Waals surface area (Å²) in [5, 5.41) is 53.7. The Morgan fingerprint density at radius 1 is 0.690 bits per heavy atom. The number of aliphatic carboxylic acids is 1. The highest BCUT2D eigenvalue weighted by Crippen LogP contribution is 2.62. The van der Waals surface area contributed by atoms with E-state index in [-0.39, 0.29) is 56.3 Å². The average molecular weight is 1010 g/mol. The van der Waals surface area contributed by atoms with E-state index < -0.39 is 33.5 Å². The number of nitriles is 4. The van der Waals surface area contributed by atoms with Crippen molar-refractivity contribution in [1.29, 1.82) is 21.0 Å². The van der Waals surface area contributed by atoms with Crippen LogP contribution in [0.25, 0.3) is 0 Å². The predicted octanol–water partition coefficient (Wildman–Crippen LogP) is 4.82. The van der Waals surface area contributed by atoms with Crippen LogP contribution in [0.15, 0.2) is 83.2 Å². The van der Waals surface area contributed by atoms with Crippen molar-refractivity contribution in [3.8, 4) is 24.3 Å². The number of thioether (sulfide) groups is 2. The van der Waals surface area contributed by atoms with Crippen LogP contribution in [0, 0.1) is 45.3 Å². The van der Waals surface area contributed by atoms with Crippen LogP contribution >= 0.6 is 23.5 Å². The lowest BCUT2D eigenvalue weighted by atomic mass is 9.78. The minimum absolute atomic E-state index is 0.0483. The Labute approximate surface area is 415 Å². The second-order valence-electron chi connectivity index (χ2n) is 16.0. The van der Waals surface area contributed by atoms with Gasteiger partial charge in [-0.05, 0) is 35.1 Å². The third-order valence-corrected chi connectivity index (χ3v) is 15.2. The number of carbonyl (C=O) groups excluding carboxylic acids is 2. The zero-order chi connectivity index (χ0) is 51.5. The van der Waals surface area contributed by atoms with Gasteiger partial charge in [0.25, 0.3) is 0 Å². The summed E-state index contributed by atoms with van der Waals surface area (Å²) in [5.41, 5.74) is 16.4. The van der Waals surface area contributed by atoms with Crippen molar-refractivity contribution in [1.82, 2.24) is 30.2 Å². The SMILES string of the molecule is CCc1c(C#N)c(SC(C(N)=O)(c2ccccc2)C(Sc2nc(N3CCN(Cc4cnc[nH]4)CC3)c(C#N)c(CC)c2C#N)(C(N)=O)c2ccccc2)nc(N2CCNCC2)c1C#N.O=C(O)C(F)(F)F. The molecule has 5 aromatic rings. The molecule has 18 nitrogen and oxygen atoms in total. The summed E-state index contributed by atoms with van der Waals surface area (Å²) in [6.07, 6.45) is -1.11. The van der Waals surface area contributed by atoms with Crippen molar-refractivity contribution < 1.29 is 32.7 Å². The van der Waals surface area contributed by atoms with Crippen LogP contribution in [-0.4, -0.2) is 106 Å². The van der Waals surface area contributed by atoms with E-state index in [9.17, 15) is 34.2 Å². The highest BCUT2D eigenvalue weighted by atomic mass is 32.2. The molecule has 2 fully saturated rings. The number of hydrogen-bond donors (Lipinski definition) is 5. The first kappa shape index (κ1) is 52.7. The molecule has 2 aromatic carbocycles. The Kier molecular flexibility index (Phi) is 16.9.